The summed E-state index contributed by atoms with van der Waals surface area (Å²) >= 11 is 0. The second kappa shape index (κ2) is 7.89. The molecule has 0 bridgehead atoms. The maximum atomic E-state index is 12.4. The summed E-state index contributed by atoms with van der Waals surface area (Å²) < 4.78 is 40.8. The van der Waals surface area contributed by atoms with Crippen LogP contribution in [0.3, 0.4) is 0 Å². The van der Waals surface area contributed by atoms with E-state index in [1.165, 1.54) is 23.3 Å². The fraction of sp³-hybridized carbons (Fsp3) is 0.368. The molecule has 3 rings (SSSR count). The molecular formula is C19H22O5S. The maximum absolute atomic E-state index is 12.4. The number of hydrogen-bond acceptors (Lipinski definition) is 5. The summed E-state index contributed by atoms with van der Waals surface area (Å²) in [6, 6.07) is 11.7. The summed E-state index contributed by atoms with van der Waals surface area (Å²) in [5, 5.41) is 0. The molecule has 1 aliphatic rings. The Morgan fingerprint density at radius 2 is 1.64 bits per heavy atom. The minimum atomic E-state index is -3.86. The molecule has 0 saturated carbocycles. The molecule has 2 aromatic carbocycles. The van der Waals surface area contributed by atoms with Crippen LogP contribution in [-0.4, -0.2) is 28.2 Å². The van der Waals surface area contributed by atoms with Gasteiger partial charge in [-0.05, 0) is 73.7 Å². The van der Waals surface area contributed by atoms with Gasteiger partial charge in [0, 0.05) is 6.61 Å². The van der Waals surface area contributed by atoms with Crippen LogP contribution in [0, 0.1) is 0 Å². The zero-order valence-electron chi connectivity index (χ0n) is 14.2. The van der Waals surface area contributed by atoms with Gasteiger partial charge in [0.15, 0.2) is 0 Å². The molecule has 0 unspecified atom stereocenters. The van der Waals surface area contributed by atoms with Crippen LogP contribution in [-0.2, 0) is 27.7 Å². The van der Waals surface area contributed by atoms with Gasteiger partial charge in [0.2, 0.25) is 0 Å². The Morgan fingerprint density at radius 1 is 0.920 bits per heavy atom. The summed E-state index contributed by atoms with van der Waals surface area (Å²) in [4.78, 5) is 0.102. The van der Waals surface area contributed by atoms with Crippen molar-refractivity contribution in [1.29, 1.82) is 0 Å². The monoisotopic (exact) mass is 362 g/mol. The minimum absolute atomic E-state index is 0.102. The van der Waals surface area contributed by atoms with Gasteiger partial charge in [-0.2, -0.15) is 8.42 Å². The van der Waals surface area contributed by atoms with Crippen LogP contribution in [0.25, 0.3) is 0 Å². The third-order valence-corrected chi connectivity index (χ3v) is 5.35. The number of hydrogen-bond donors (Lipinski definition) is 0. The van der Waals surface area contributed by atoms with Crippen molar-refractivity contribution in [3.8, 4) is 11.5 Å². The highest BCUT2D eigenvalue weighted by molar-refractivity contribution is 7.87. The van der Waals surface area contributed by atoms with Gasteiger partial charge >= 0.3 is 10.1 Å². The van der Waals surface area contributed by atoms with Crippen molar-refractivity contribution in [3.63, 3.8) is 0 Å². The first-order chi connectivity index (χ1) is 12.1. The van der Waals surface area contributed by atoms with Crippen LogP contribution >= 0.6 is 0 Å². The highest BCUT2D eigenvalue weighted by Crippen LogP contribution is 2.28. The Kier molecular flexibility index (Phi) is 5.60. The van der Waals surface area contributed by atoms with Crippen molar-refractivity contribution in [2.24, 2.45) is 0 Å². The van der Waals surface area contributed by atoms with Gasteiger partial charge < -0.3 is 13.7 Å². The maximum Gasteiger partial charge on any atom is 0.339 e. The van der Waals surface area contributed by atoms with Crippen LogP contribution in [0.15, 0.2) is 47.4 Å². The van der Waals surface area contributed by atoms with Crippen molar-refractivity contribution < 1.29 is 22.1 Å². The van der Waals surface area contributed by atoms with E-state index >= 15 is 0 Å². The standard InChI is InChI=1S/C19H22O5S/c1-2-22-12-13-23-17-8-10-19(11-9-17)25(20,21)24-18-7-6-15-4-3-5-16(15)14-18/h6-11,14H,2-5,12-13H2,1H3. The first-order valence-corrected chi connectivity index (χ1v) is 9.86. The third-order valence-electron chi connectivity index (χ3n) is 4.09. The van der Waals surface area contributed by atoms with Crippen LogP contribution in [0.5, 0.6) is 11.5 Å². The molecule has 134 valence electrons. The van der Waals surface area contributed by atoms with Crippen LogP contribution in [0.1, 0.15) is 24.5 Å². The lowest BCUT2D eigenvalue weighted by molar-refractivity contribution is 0.110. The van der Waals surface area contributed by atoms with E-state index in [1.807, 2.05) is 19.1 Å². The van der Waals surface area contributed by atoms with Crippen molar-refractivity contribution in [3.05, 3.63) is 53.6 Å². The predicted molar refractivity (Wildman–Crippen MR) is 94.7 cm³/mol. The van der Waals surface area contributed by atoms with Gasteiger partial charge in [-0.1, -0.05) is 6.07 Å². The molecule has 0 saturated heterocycles. The number of rotatable bonds is 8. The Hall–Kier alpha value is -2.05. The van der Waals surface area contributed by atoms with Crippen molar-refractivity contribution in [2.45, 2.75) is 31.1 Å². The van der Waals surface area contributed by atoms with Gasteiger partial charge in [-0.15, -0.1) is 0 Å². The molecule has 0 N–H and O–H groups in total. The second-order valence-electron chi connectivity index (χ2n) is 5.84. The molecule has 0 aliphatic heterocycles. The molecule has 1 aliphatic carbocycles. The summed E-state index contributed by atoms with van der Waals surface area (Å²) in [7, 11) is -3.86. The number of aryl methyl sites for hydroxylation is 2. The summed E-state index contributed by atoms with van der Waals surface area (Å²) in [6.07, 6.45) is 3.13. The van der Waals surface area contributed by atoms with E-state index in [4.69, 9.17) is 13.7 Å². The second-order valence-corrected chi connectivity index (χ2v) is 7.38. The van der Waals surface area contributed by atoms with E-state index in [-0.39, 0.29) is 4.90 Å². The van der Waals surface area contributed by atoms with Crippen molar-refractivity contribution in [2.75, 3.05) is 19.8 Å². The molecular weight excluding hydrogens is 340 g/mol. The van der Waals surface area contributed by atoms with Gasteiger partial charge in [0.05, 0.1) is 6.61 Å². The van der Waals surface area contributed by atoms with Gasteiger partial charge in [0.1, 0.15) is 23.0 Å². The van der Waals surface area contributed by atoms with Gasteiger partial charge in [-0.25, -0.2) is 0 Å². The highest BCUT2D eigenvalue weighted by Gasteiger charge is 2.18. The molecule has 0 heterocycles. The smallest absolute Gasteiger partial charge is 0.339 e. The van der Waals surface area contributed by atoms with E-state index in [0.29, 0.717) is 31.3 Å². The Balaban J connectivity index is 1.65. The Morgan fingerprint density at radius 3 is 2.40 bits per heavy atom. The van der Waals surface area contributed by atoms with Crippen LogP contribution in [0.2, 0.25) is 0 Å². The molecule has 0 fully saturated rings. The van der Waals surface area contributed by atoms with E-state index in [0.717, 1.165) is 19.3 Å². The number of ether oxygens (including phenoxy) is 2. The van der Waals surface area contributed by atoms with Gasteiger partial charge in [0.25, 0.3) is 0 Å². The Bertz CT molecular complexity index is 812. The molecule has 0 radical (unpaired) electrons. The largest absolute Gasteiger partial charge is 0.491 e. The quantitative estimate of drug-likeness (QED) is 0.532. The van der Waals surface area contributed by atoms with Crippen molar-refractivity contribution >= 4 is 10.1 Å². The lowest BCUT2D eigenvalue weighted by atomic mass is 10.1. The zero-order valence-corrected chi connectivity index (χ0v) is 15.1. The summed E-state index contributed by atoms with van der Waals surface area (Å²) in [6.45, 7) is 3.48. The minimum Gasteiger partial charge on any atom is -0.491 e. The SMILES string of the molecule is CCOCCOc1ccc(S(=O)(=O)Oc2ccc3c(c2)CCC3)cc1. The first-order valence-electron chi connectivity index (χ1n) is 8.45. The molecule has 0 amide bonds. The van der Waals surface area contributed by atoms with Gasteiger partial charge in [-0.3, -0.25) is 0 Å². The molecule has 2 aromatic rings. The normalized spacial score (nSPS) is 13.5. The average molecular weight is 362 g/mol. The first kappa shape index (κ1) is 17.8. The zero-order chi connectivity index (χ0) is 17.7. The average Bonchev–Trinajstić information content (AvgIpc) is 3.06. The molecule has 25 heavy (non-hydrogen) atoms. The summed E-state index contributed by atoms with van der Waals surface area (Å²) in [5.41, 5.74) is 2.45. The molecule has 6 heteroatoms. The highest BCUT2D eigenvalue weighted by atomic mass is 32.2. The molecule has 0 aromatic heterocycles. The van der Waals surface area contributed by atoms with E-state index in [1.54, 1.807) is 18.2 Å². The summed E-state index contributed by atoms with van der Waals surface area (Å²) in [5.74, 6) is 0.953. The predicted octanol–water partition coefficient (Wildman–Crippen LogP) is 3.36. The third kappa shape index (κ3) is 4.52. The van der Waals surface area contributed by atoms with E-state index < -0.39 is 10.1 Å². The number of fused-ring (bicyclic) bond motifs is 1. The Labute approximate surface area is 148 Å². The molecule has 5 nitrogen and oxygen atoms in total. The van der Waals surface area contributed by atoms with E-state index in [2.05, 4.69) is 0 Å². The molecule has 0 atom stereocenters. The molecule has 0 spiro atoms. The fourth-order valence-corrected chi connectivity index (χ4v) is 3.76. The lowest BCUT2D eigenvalue weighted by Crippen LogP contribution is -2.10. The van der Waals surface area contributed by atoms with E-state index in [9.17, 15) is 8.42 Å². The fourth-order valence-electron chi connectivity index (χ4n) is 2.84. The lowest BCUT2D eigenvalue weighted by Gasteiger charge is -2.10. The van der Waals surface area contributed by atoms with Crippen LogP contribution < -0.4 is 8.92 Å². The number of benzene rings is 2. The van der Waals surface area contributed by atoms with Crippen LogP contribution in [0.4, 0.5) is 0 Å². The topological polar surface area (TPSA) is 61.8 Å². The van der Waals surface area contributed by atoms with Crippen molar-refractivity contribution in [1.82, 2.24) is 0 Å².